The van der Waals surface area contributed by atoms with Gasteiger partial charge in [0, 0.05) is 30.4 Å². The van der Waals surface area contributed by atoms with Crippen molar-refractivity contribution in [3.05, 3.63) is 64.3 Å². The van der Waals surface area contributed by atoms with Crippen molar-refractivity contribution in [2.75, 3.05) is 44.8 Å². The van der Waals surface area contributed by atoms with Gasteiger partial charge in [-0.05, 0) is 74.1 Å². The number of hydrogen-bond donors (Lipinski definition) is 1. The third kappa shape index (κ3) is 6.63. The van der Waals surface area contributed by atoms with Crippen molar-refractivity contribution < 1.29 is 23.8 Å². The fourth-order valence-electron chi connectivity index (χ4n) is 4.68. The Bertz CT molecular complexity index is 1330. The lowest BCUT2D eigenvalue weighted by atomic mass is 9.95. The standard InChI is InChI=1S/C29H32N4O5S/c1-2-37-24-16-20(9-10-23(24)38-19-26(34)33-12-14-36-15-13-33)17-31-29-27(22-7-3-4-8-25(22)39-29)28(35)32-21-6-5-11-30-18-21/h5-6,9-11,16-18H,2-4,7-8,12-15,19H2,1H3,(H,32,35). The number of benzene rings is 1. The van der Waals surface area contributed by atoms with Crippen LogP contribution in [0.15, 0.2) is 47.7 Å². The SMILES string of the molecule is CCOc1cc(C=Nc2sc3c(c2C(=O)Nc2cccnc2)CCCC3)ccc1OCC(=O)N1CCOCC1. The Morgan fingerprint density at radius 2 is 2.00 bits per heavy atom. The summed E-state index contributed by atoms with van der Waals surface area (Å²) in [5.41, 5.74) is 3.19. The first kappa shape index (κ1) is 26.8. The largest absolute Gasteiger partial charge is 0.490 e. The molecule has 39 heavy (non-hydrogen) atoms. The lowest BCUT2D eigenvalue weighted by Crippen LogP contribution is -2.43. The zero-order valence-corrected chi connectivity index (χ0v) is 22.8. The van der Waals surface area contributed by atoms with E-state index >= 15 is 0 Å². The van der Waals surface area contributed by atoms with Crippen LogP contribution in [0, 0.1) is 0 Å². The van der Waals surface area contributed by atoms with E-state index in [9.17, 15) is 9.59 Å². The molecule has 0 atom stereocenters. The van der Waals surface area contributed by atoms with E-state index in [1.54, 1.807) is 47.0 Å². The molecular formula is C29H32N4O5S. The van der Waals surface area contributed by atoms with Gasteiger partial charge in [0.2, 0.25) is 0 Å². The quantitative estimate of drug-likeness (QED) is 0.390. The van der Waals surface area contributed by atoms with Crippen molar-refractivity contribution >= 4 is 40.1 Å². The van der Waals surface area contributed by atoms with Crippen molar-refractivity contribution in [2.45, 2.75) is 32.6 Å². The van der Waals surface area contributed by atoms with Gasteiger partial charge in [-0.1, -0.05) is 0 Å². The van der Waals surface area contributed by atoms with Gasteiger partial charge in [-0.15, -0.1) is 11.3 Å². The molecule has 1 aliphatic carbocycles. The molecule has 1 aliphatic heterocycles. The molecule has 0 radical (unpaired) electrons. The summed E-state index contributed by atoms with van der Waals surface area (Å²) in [6, 6.07) is 9.10. The van der Waals surface area contributed by atoms with Gasteiger partial charge in [0.15, 0.2) is 18.1 Å². The number of aliphatic imine (C=N–C) groups is 1. The molecule has 1 saturated heterocycles. The summed E-state index contributed by atoms with van der Waals surface area (Å²) in [7, 11) is 0. The fraction of sp³-hybridized carbons (Fsp3) is 0.379. The number of aromatic nitrogens is 1. The van der Waals surface area contributed by atoms with E-state index in [-0.39, 0.29) is 18.4 Å². The van der Waals surface area contributed by atoms with E-state index in [2.05, 4.69) is 10.3 Å². The summed E-state index contributed by atoms with van der Waals surface area (Å²) in [6.45, 7) is 4.52. The highest BCUT2D eigenvalue weighted by Gasteiger charge is 2.25. The molecular weight excluding hydrogens is 516 g/mol. The zero-order chi connectivity index (χ0) is 27.0. The second kappa shape index (κ2) is 12.9. The molecule has 0 unspecified atom stereocenters. The summed E-state index contributed by atoms with van der Waals surface area (Å²) in [6.07, 6.45) is 9.07. The number of morpholine rings is 1. The molecule has 3 aromatic rings. The molecule has 0 bridgehead atoms. The first-order chi connectivity index (χ1) is 19.1. The number of nitrogens with one attached hydrogen (secondary N) is 1. The lowest BCUT2D eigenvalue weighted by Gasteiger charge is -2.26. The molecule has 2 aromatic heterocycles. The highest BCUT2D eigenvalue weighted by molar-refractivity contribution is 7.16. The molecule has 0 spiro atoms. The molecule has 9 nitrogen and oxygen atoms in total. The molecule has 0 saturated carbocycles. The van der Waals surface area contributed by atoms with Crippen molar-refractivity contribution in [3.63, 3.8) is 0 Å². The third-order valence-electron chi connectivity index (χ3n) is 6.61. The first-order valence-electron chi connectivity index (χ1n) is 13.3. The molecule has 204 valence electrons. The Labute approximate surface area is 231 Å². The van der Waals surface area contributed by atoms with Crippen molar-refractivity contribution in [3.8, 4) is 11.5 Å². The number of fused-ring (bicyclic) bond motifs is 1. The maximum atomic E-state index is 13.3. The smallest absolute Gasteiger partial charge is 0.260 e. The van der Waals surface area contributed by atoms with Gasteiger partial charge in [-0.3, -0.25) is 14.6 Å². The van der Waals surface area contributed by atoms with E-state index in [0.717, 1.165) is 36.8 Å². The molecule has 1 aromatic carbocycles. The maximum Gasteiger partial charge on any atom is 0.260 e. The molecule has 1 N–H and O–H groups in total. The topological polar surface area (TPSA) is 102 Å². The minimum atomic E-state index is -0.168. The van der Waals surface area contributed by atoms with E-state index in [4.69, 9.17) is 19.2 Å². The first-order valence-corrected chi connectivity index (χ1v) is 14.1. The molecule has 3 heterocycles. The Morgan fingerprint density at radius 3 is 2.79 bits per heavy atom. The summed E-state index contributed by atoms with van der Waals surface area (Å²) >= 11 is 1.58. The lowest BCUT2D eigenvalue weighted by molar-refractivity contribution is -0.137. The Morgan fingerprint density at radius 1 is 1.15 bits per heavy atom. The van der Waals surface area contributed by atoms with Crippen LogP contribution in [-0.2, 0) is 22.4 Å². The predicted molar refractivity (Wildman–Crippen MR) is 151 cm³/mol. The van der Waals surface area contributed by atoms with Crippen molar-refractivity contribution in [2.24, 2.45) is 4.99 Å². The number of hydrogen-bond acceptors (Lipinski definition) is 8. The molecule has 1 fully saturated rings. The van der Waals surface area contributed by atoms with Crippen LogP contribution < -0.4 is 14.8 Å². The Kier molecular flexibility index (Phi) is 8.85. The van der Waals surface area contributed by atoms with Crippen LogP contribution in [0.5, 0.6) is 11.5 Å². The summed E-state index contributed by atoms with van der Waals surface area (Å²) in [5.74, 6) is 0.790. The van der Waals surface area contributed by atoms with Crippen LogP contribution in [0.4, 0.5) is 10.7 Å². The summed E-state index contributed by atoms with van der Waals surface area (Å²) in [5, 5.41) is 3.66. The zero-order valence-electron chi connectivity index (χ0n) is 22.0. The number of carbonyl (C=O) groups excluding carboxylic acids is 2. The number of nitrogens with zero attached hydrogens (tertiary/aromatic N) is 3. The van der Waals surface area contributed by atoms with Crippen LogP contribution >= 0.6 is 11.3 Å². The van der Waals surface area contributed by atoms with E-state index in [1.165, 1.54) is 4.88 Å². The highest BCUT2D eigenvalue weighted by Crippen LogP contribution is 2.40. The van der Waals surface area contributed by atoms with Crippen LogP contribution in [0.25, 0.3) is 0 Å². The average molecular weight is 549 g/mol. The fourth-order valence-corrected chi connectivity index (χ4v) is 5.91. The summed E-state index contributed by atoms with van der Waals surface area (Å²) < 4.78 is 16.9. The number of carbonyl (C=O) groups is 2. The van der Waals surface area contributed by atoms with E-state index < -0.39 is 0 Å². The van der Waals surface area contributed by atoms with Crippen LogP contribution in [0.1, 0.15) is 46.1 Å². The molecule has 5 rings (SSSR count). The van der Waals surface area contributed by atoms with Gasteiger partial charge in [-0.25, -0.2) is 4.99 Å². The number of pyridine rings is 1. The van der Waals surface area contributed by atoms with Gasteiger partial charge in [0.05, 0.1) is 37.3 Å². The Hall–Kier alpha value is -3.76. The second-order valence-corrected chi connectivity index (χ2v) is 10.3. The third-order valence-corrected chi connectivity index (χ3v) is 7.81. The highest BCUT2D eigenvalue weighted by atomic mass is 32.1. The number of anilines is 1. The number of rotatable bonds is 9. The van der Waals surface area contributed by atoms with E-state index in [1.807, 2.05) is 25.1 Å². The second-order valence-electron chi connectivity index (χ2n) is 9.27. The number of ether oxygens (including phenoxy) is 3. The maximum absolute atomic E-state index is 13.3. The monoisotopic (exact) mass is 548 g/mol. The van der Waals surface area contributed by atoms with Gasteiger partial charge < -0.3 is 24.4 Å². The predicted octanol–water partition coefficient (Wildman–Crippen LogP) is 4.66. The van der Waals surface area contributed by atoms with E-state index in [0.29, 0.717) is 60.7 Å². The minimum absolute atomic E-state index is 0.0658. The van der Waals surface area contributed by atoms with Crippen LogP contribution in [0.2, 0.25) is 0 Å². The molecule has 10 heteroatoms. The summed E-state index contributed by atoms with van der Waals surface area (Å²) in [4.78, 5) is 37.6. The molecule has 2 aliphatic rings. The van der Waals surface area contributed by atoms with Crippen molar-refractivity contribution in [1.82, 2.24) is 9.88 Å². The average Bonchev–Trinajstić information content (AvgIpc) is 3.35. The van der Waals surface area contributed by atoms with Crippen LogP contribution in [0.3, 0.4) is 0 Å². The van der Waals surface area contributed by atoms with Gasteiger partial charge in [-0.2, -0.15) is 0 Å². The number of thiophene rings is 1. The number of amides is 2. The van der Waals surface area contributed by atoms with Gasteiger partial charge >= 0.3 is 0 Å². The normalized spacial score (nSPS) is 15.2. The minimum Gasteiger partial charge on any atom is -0.490 e. The van der Waals surface area contributed by atoms with Crippen LogP contribution in [-0.4, -0.2) is 67.4 Å². The molecule has 2 amide bonds. The Balaban J connectivity index is 1.34. The van der Waals surface area contributed by atoms with Gasteiger partial charge in [0.25, 0.3) is 11.8 Å². The van der Waals surface area contributed by atoms with Crippen molar-refractivity contribution in [1.29, 1.82) is 0 Å². The van der Waals surface area contributed by atoms with Gasteiger partial charge in [0.1, 0.15) is 5.00 Å². The number of aryl methyl sites for hydroxylation is 1.